The van der Waals surface area contributed by atoms with Crippen molar-refractivity contribution in [2.75, 3.05) is 18.4 Å². The fourth-order valence-corrected chi connectivity index (χ4v) is 3.35. The molecule has 100 valence electrons. The lowest BCUT2D eigenvalue weighted by Crippen LogP contribution is -2.41. The van der Waals surface area contributed by atoms with E-state index in [9.17, 15) is 5.26 Å². The molecule has 2 fully saturated rings. The van der Waals surface area contributed by atoms with Crippen LogP contribution in [0.25, 0.3) is 0 Å². The minimum absolute atomic E-state index is 0.446. The van der Waals surface area contributed by atoms with Gasteiger partial charge in [0, 0.05) is 24.3 Å². The predicted molar refractivity (Wildman–Crippen MR) is 74.9 cm³/mol. The quantitative estimate of drug-likeness (QED) is 0.882. The zero-order chi connectivity index (χ0) is 13.2. The first-order valence-electron chi connectivity index (χ1n) is 7.16. The van der Waals surface area contributed by atoms with Gasteiger partial charge in [-0.05, 0) is 44.9 Å². The molecular weight excluding hydrogens is 236 g/mol. The summed E-state index contributed by atoms with van der Waals surface area (Å²) in [7, 11) is 0. The van der Waals surface area contributed by atoms with E-state index in [0.717, 1.165) is 17.9 Å². The smallest absolute Gasteiger partial charge is 0.144 e. The lowest BCUT2D eigenvalue weighted by molar-refractivity contribution is 0.192. The number of rotatable bonds is 2. The summed E-state index contributed by atoms with van der Waals surface area (Å²) in [4.78, 5) is 7.08. The number of anilines is 1. The molecular formula is C15H20N4. The molecule has 19 heavy (non-hydrogen) atoms. The second-order valence-electron chi connectivity index (χ2n) is 5.60. The zero-order valence-electron chi connectivity index (χ0n) is 11.4. The molecule has 1 N–H and O–H groups in total. The van der Waals surface area contributed by atoms with Crippen LogP contribution in [0.3, 0.4) is 0 Å². The highest BCUT2D eigenvalue weighted by Crippen LogP contribution is 2.29. The molecule has 2 saturated heterocycles. The lowest BCUT2D eigenvalue weighted by atomic mass is 9.99. The molecule has 2 unspecified atom stereocenters. The summed E-state index contributed by atoms with van der Waals surface area (Å²) >= 11 is 0. The fourth-order valence-electron chi connectivity index (χ4n) is 3.35. The van der Waals surface area contributed by atoms with Crippen molar-refractivity contribution in [3.63, 3.8) is 0 Å². The van der Waals surface area contributed by atoms with Crippen molar-refractivity contribution in [2.24, 2.45) is 0 Å². The summed E-state index contributed by atoms with van der Waals surface area (Å²) in [5, 5.41) is 12.7. The molecule has 3 rings (SSSR count). The van der Waals surface area contributed by atoms with Crippen molar-refractivity contribution >= 4 is 5.82 Å². The van der Waals surface area contributed by atoms with Gasteiger partial charge in [0.15, 0.2) is 0 Å². The maximum absolute atomic E-state index is 9.18. The van der Waals surface area contributed by atoms with Crippen molar-refractivity contribution in [3.8, 4) is 6.07 Å². The summed E-state index contributed by atoms with van der Waals surface area (Å²) in [5.41, 5.74) is 1.61. The van der Waals surface area contributed by atoms with Crippen LogP contribution in [0.4, 0.5) is 5.82 Å². The van der Waals surface area contributed by atoms with Crippen molar-refractivity contribution < 1.29 is 0 Å². The van der Waals surface area contributed by atoms with Gasteiger partial charge in [0.1, 0.15) is 11.9 Å². The van der Waals surface area contributed by atoms with E-state index in [4.69, 9.17) is 0 Å². The van der Waals surface area contributed by atoms with E-state index in [1.165, 1.54) is 32.4 Å². The third kappa shape index (κ3) is 2.43. The monoisotopic (exact) mass is 256 g/mol. The molecule has 3 heterocycles. The molecule has 4 nitrogen and oxygen atoms in total. The number of nitrogens with zero attached hydrogens (tertiary/aromatic N) is 3. The van der Waals surface area contributed by atoms with Crippen LogP contribution in [0, 0.1) is 18.3 Å². The summed E-state index contributed by atoms with van der Waals surface area (Å²) in [6, 6.07) is 7.06. The molecule has 0 aromatic carbocycles. The van der Waals surface area contributed by atoms with Crippen LogP contribution in [0.2, 0.25) is 0 Å². The largest absolute Gasteiger partial charge is 0.365 e. The number of fused-ring (bicyclic) bond motifs is 1. The van der Waals surface area contributed by atoms with Crippen LogP contribution >= 0.6 is 0 Å². The summed E-state index contributed by atoms with van der Waals surface area (Å²) in [6.45, 7) is 4.37. The number of pyridine rings is 1. The average molecular weight is 256 g/mol. The third-order valence-corrected chi connectivity index (χ3v) is 4.33. The van der Waals surface area contributed by atoms with Crippen LogP contribution in [0.1, 0.15) is 36.9 Å². The van der Waals surface area contributed by atoms with Gasteiger partial charge >= 0.3 is 0 Å². The SMILES string of the molecule is Cc1ccc(C#N)c(NC2CCN3CCCCC23)n1. The van der Waals surface area contributed by atoms with E-state index in [1.807, 2.05) is 19.1 Å². The van der Waals surface area contributed by atoms with E-state index in [-0.39, 0.29) is 0 Å². The Morgan fingerprint density at radius 1 is 1.32 bits per heavy atom. The van der Waals surface area contributed by atoms with E-state index in [2.05, 4.69) is 21.3 Å². The molecule has 0 spiro atoms. The number of nitrogens with one attached hydrogen (secondary N) is 1. The molecule has 2 aliphatic heterocycles. The van der Waals surface area contributed by atoms with Crippen molar-refractivity contribution in [1.29, 1.82) is 5.26 Å². The van der Waals surface area contributed by atoms with Gasteiger partial charge in [-0.15, -0.1) is 0 Å². The zero-order valence-corrected chi connectivity index (χ0v) is 11.4. The van der Waals surface area contributed by atoms with E-state index >= 15 is 0 Å². The average Bonchev–Trinajstić information content (AvgIpc) is 2.83. The highest BCUT2D eigenvalue weighted by atomic mass is 15.2. The fraction of sp³-hybridized carbons (Fsp3) is 0.600. The number of aromatic nitrogens is 1. The molecule has 0 aliphatic carbocycles. The number of aryl methyl sites for hydroxylation is 1. The maximum Gasteiger partial charge on any atom is 0.144 e. The van der Waals surface area contributed by atoms with Crippen molar-refractivity contribution in [2.45, 2.75) is 44.7 Å². The number of nitriles is 1. The van der Waals surface area contributed by atoms with Crippen LogP contribution in [-0.2, 0) is 0 Å². The molecule has 0 saturated carbocycles. The summed E-state index contributed by atoms with van der Waals surface area (Å²) in [6.07, 6.45) is 5.08. The molecule has 0 radical (unpaired) electrons. The summed E-state index contributed by atoms with van der Waals surface area (Å²) < 4.78 is 0. The molecule has 2 aliphatic rings. The van der Waals surface area contributed by atoms with Crippen LogP contribution in [0.5, 0.6) is 0 Å². The van der Waals surface area contributed by atoms with Crippen LogP contribution < -0.4 is 5.32 Å². The maximum atomic E-state index is 9.18. The Balaban J connectivity index is 1.78. The van der Waals surface area contributed by atoms with Crippen LogP contribution in [0.15, 0.2) is 12.1 Å². The Morgan fingerprint density at radius 2 is 2.21 bits per heavy atom. The second-order valence-corrected chi connectivity index (χ2v) is 5.60. The Hall–Kier alpha value is -1.60. The number of hydrogen-bond donors (Lipinski definition) is 1. The van der Waals surface area contributed by atoms with Gasteiger partial charge in [0.05, 0.1) is 5.56 Å². The van der Waals surface area contributed by atoms with E-state index in [1.54, 1.807) is 0 Å². The highest BCUT2D eigenvalue weighted by molar-refractivity contribution is 5.53. The second kappa shape index (κ2) is 5.18. The van der Waals surface area contributed by atoms with Gasteiger partial charge in [-0.1, -0.05) is 6.42 Å². The molecule has 0 bridgehead atoms. The lowest BCUT2D eigenvalue weighted by Gasteiger charge is -2.32. The first kappa shape index (κ1) is 12.4. The first-order chi connectivity index (χ1) is 9.28. The van der Waals surface area contributed by atoms with Gasteiger partial charge in [-0.3, -0.25) is 4.90 Å². The molecule has 4 heteroatoms. The van der Waals surface area contributed by atoms with Crippen molar-refractivity contribution in [1.82, 2.24) is 9.88 Å². The Morgan fingerprint density at radius 3 is 3.05 bits per heavy atom. The van der Waals surface area contributed by atoms with Gasteiger partial charge in [0.2, 0.25) is 0 Å². The topological polar surface area (TPSA) is 52.0 Å². The number of piperidine rings is 1. The van der Waals surface area contributed by atoms with E-state index < -0.39 is 0 Å². The predicted octanol–water partition coefficient (Wildman–Crippen LogP) is 2.30. The minimum atomic E-state index is 0.446. The van der Waals surface area contributed by atoms with Crippen LogP contribution in [-0.4, -0.2) is 35.1 Å². The van der Waals surface area contributed by atoms with Gasteiger partial charge in [0.25, 0.3) is 0 Å². The van der Waals surface area contributed by atoms with Gasteiger partial charge in [-0.25, -0.2) is 4.98 Å². The summed E-state index contributed by atoms with van der Waals surface area (Å²) in [5.74, 6) is 0.764. The minimum Gasteiger partial charge on any atom is -0.365 e. The Labute approximate surface area is 114 Å². The standard InChI is InChI=1S/C15H20N4/c1-11-5-6-12(10-16)15(17-11)18-13-7-9-19-8-3-2-4-14(13)19/h5-6,13-14H,2-4,7-9H2,1H3,(H,17,18). The normalized spacial score (nSPS) is 26.7. The van der Waals surface area contributed by atoms with Gasteiger partial charge in [-0.2, -0.15) is 5.26 Å². The Kier molecular flexibility index (Phi) is 3.39. The molecule has 1 aromatic rings. The molecule has 2 atom stereocenters. The first-order valence-corrected chi connectivity index (χ1v) is 7.16. The van der Waals surface area contributed by atoms with E-state index in [0.29, 0.717) is 17.6 Å². The van der Waals surface area contributed by atoms with Crippen molar-refractivity contribution in [3.05, 3.63) is 23.4 Å². The molecule has 0 amide bonds. The molecule has 1 aromatic heterocycles. The third-order valence-electron chi connectivity index (χ3n) is 4.33. The van der Waals surface area contributed by atoms with Gasteiger partial charge < -0.3 is 5.32 Å². The highest BCUT2D eigenvalue weighted by Gasteiger charge is 2.35. The Bertz CT molecular complexity index is 505. The number of hydrogen-bond acceptors (Lipinski definition) is 4.